The normalized spacial score (nSPS) is 19.0. The molecule has 12 nitrogen and oxygen atoms in total. The Kier molecular flexibility index (Phi) is 5.55. The van der Waals surface area contributed by atoms with Crippen LogP contribution in [0.5, 0.6) is 11.5 Å². The van der Waals surface area contributed by atoms with Crippen molar-refractivity contribution in [3.63, 3.8) is 0 Å². The van der Waals surface area contributed by atoms with Crippen LogP contribution >= 0.6 is 0 Å². The van der Waals surface area contributed by atoms with Crippen molar-refractivity contribution in [3.8, 4) is 17.2 Å². The van der Waals surface area contributed by atoms with Gasteiger partial charge in [0.1, 0.15) is 31.6 Å². The van der Waals surface area contributed by atoms with Crippen molar-refractivity contribution >= 4 is 17.8 Å². The second kappa shape index (κ2) is 8.70. The third kappa shape index (κ3) is 4.14. The lowest BCUT2D eigenvalue weighted by molar-refractivity contribution is -0.138. The third-order valence-electron chi connectivity index (χ3n) is 6.06. The fourth-order valence-electron chi connectivity index (χ4n) is 4.08. The number of hydrogen-bond donors (Lipinski definition) is 1. The number of aromatic nitrogens is 4. The van der Waals surface area contributed by atoms with E-state index in [0.717, 1.165) is 10.5 Å². The van der Waals surface area contributed by atoms with Gasteiger partial charge in [-0.3, -0.25) is 14.5 Å². The number of fused-ring (bicyclic) bond motifs is 1. The first-order chi connectivity index (χ1) is 16.8. The molecule has 3 aromatic rings. The summed E-state index contributed by atoms with van der Waals surface area (Å²) in [7, 11) is 1.62. The van der Waals surface area contributed by atoms with Gasteiger partial charge in [-0.05, 0) is 52.7 Å². The first-order valence-corrected chi connectivity index (χ1v) is 11.0. The van der Waals surface area contributed by atoms with Gasteiger partial charge in [-0.25, -0.2) is 9.48 Å². The fourth-order valence-corrected chi connectivity index (χ4v) is 4.08. The third-order valence-corrected chi connectivity index (χ3v) is 6.06. The number of benzene rings is 2. The van der Waals surface area contributed by atoms with Gasteiger partial charge >= 0.3 is 6.03 Å². The summed E-state index contributed by atoms with van der Waals surface area (Å²) in [5.41, 5.74) is 0.676. The van der Waals surface area contributed by atoms with E-state index >= 15 is 0 Å². The SMILES string of the molecule is CN(Cc1ccc2c(c1)OCCO2)C(=O)CN1C(=O)NC(C)(c2cccc(-n3cnnn3)c2)C1=O. The zero-order chi connectivity index (χ0) is 24.6. The maximum atomic E-state index is 13.3. The van der Waals surface area contributed by atoms with Crippen LogP contribution in [0, 0.1) is 0 Å². The van der Waals surface area contributed by atoms with Gasteiger partial charge in [0.2, 0.25) is 5.91 Å². The van der Waals surface area contributed by atoms with Crippen LogP contribution in [0.2, 0.25) is 0 Å². The highest BCUT2D eigenvalue weighted by Gasteiger charge is 2.49. The van der Waals surface area contributed by atoms with Crippen LogP contribution in [-0.4, -0.2) is 74.7 Å². The number of nitrogens with zero attached hydrogens (tertiary/aromatic N) is 6. The fraction of sp³-hybridized carbons (Fsp3) is 0.304. The van der Waals surface area contributed by atoms with E-state index in [1.807, 2.05) is 12.1 Å². The lowest BCUT2D eigenvalue weighted by Gasteiger charge is -2.24. The van der Waals surface area contributed by atoms with E-state index < -0.39 is 17.5 Å². The van der Waals surface area contributed by atoms with Crippen molar-refractivity contribution in [2.75, 3.05) is 26.8 Å². The summed E-state index contributed by atoms with van der Waals surface area (Å²) >= 11 is 0. The predicted octanol–water partition coefficient (Wildman–Crippen LogP) is 0.859. The van der Waals surface area contributed by atoms with E-state index in [1.54, 1.807) is 44.3 Å². The lowest BCUT2D eigenvalue weighted by Crippen LogP contribution is -2.43. The lowest BCUT2D eigenvalue weighted by atomic mass is 9.91. The van der Waals surface area contributed by atoms with Crippen LogP contribution in [0.25, 0.3) is 5.69 Å². The van der Waals surface area contributed by atoms with Gasteiger partial charge in [-0.15, -0.1) is 5.10 Å². The van der Waals surface area contributed by atoms with E-state index in [0.29, 0.717) is 36.0 Å². The minimum atomic E-state index is -1.34. The summed E-state index contributed by atoms with van der Waals surface area (Å²) in [4.78, 5) is 41.3. The summed E-state index contributed by atoms with van der Waals surface area (Å²) in [6.07, 6.45) is 1.43. The number of tetrazole rings is 1. The van der Waals surface area contributed by atoms with Gasteiger partial charge in [0.05, 0.1) is 5.69 Å². The average Bonchev–Trinajstić information content (AvgIpc) is 3.48. The summed E-state index contributed by atoms with van der Waals surface area (Å²) in [6, 6.07) is 11.8. The molecule has 0 aliphatic carbocycles. The second-order valence-corrected chi connectivity index (χ2v) is 8.48. The van der Waals surface area contributed by atoms with E-state index in [2.05, 4.69) is 20.8 Å². The maximum absolute atomic E-state index is 13.3. The molecule has 2 aliphatic heterocycles. The molecule has 1 fully saturated rings. The van der Waals surface area contributed by atoms with Crippen LogP contribution in [-0.2, 0) is 21.7 Å². The van der Waals surface area contributed by atoms with Crippen molar-refractivity contribution in [1.29, 1.82) is 0 Å². The number of likely N-dealkylation sites (N-methyl/N-ethyl adjacent to an activating group) is 1. The highest BCUT2D eigenvalue weighted by Crippen LogP contribution is 2.32. The number of imide groups is 1. The Morgan fingerprint density at radius 3 is 2.71 bits per heavy atom. The molecule has 0 radical (unpaired) electrons. The van der Waals surface area contributed by atoms with Gasteiger partial charge in [-0.1, -0.05) is 18.2 Å². The summed E-state index contributed by atoms with van der Waals surface area (Å²) < 4.78 is 12.6. The van der Waals surface area contributed by atoms with E-state index in [1.165, 1.54) is 15.9 Å². The minimum absolute atomic E-state index is 0.282. The van der Waals surface area contributed by atoms with Crippen molar-refractivity contribution < 1.29 is 23.9 Å². The molecule has 1 unspecified atom stereocenters. The number of hydrogen-bond acceptors (Lipinski definition) is 8. The molecule has 1 saturated heterocycles. The molecule has 1 atom stereocenters. The first-order valence-electron chi connectivity index (χ1n) is 11.0. The van der Waals surface area contributed by atoms with Gasteiger partial charge in [0.25, 0.3) is 5.91 Å². The van der Waals surface area contributed by atoms with Crippen LogP contribution in [0.1, 0.15) is 18.1 Å². The number of nitrogens with one attached hydrogen (secondary N) is 1. The van der Waals surface area contributed by atoms with Crippen molar-refractivity contribution in [3.05, 3.63) is 59.9 Å². The van der Waals surface area contributed by atoms with Crippen molar-refractivity contribution in [1.82, 2.24) is 35.3 Å². The average molecular weight is 477 g/mol. The Balaban J connectivity index is 1.28. The van der Waals surface area contributed by atoms with Crippen LogP contribution in [0.15, 0.2) is 48.8 Å². The van der Waals surface area contributed by atoms with Gasteiger partial charge in [-0.2, -0.15) is 0 Å². The van der Waals surface area contributed by atoms with Gasteiger partial charge < -0.3 is 19.7 Å². The molecule has 0 saturated carbocycles. The molecule has 1 N–H and O–H groups in total. The number of carbonyl (C=O) groups is 3. The first kappa shape index (κ1) is 22.3. The van der Waals surface area contributed by atoms with Gasteiger partial charge in [0, 0.05) is 13.6 Å². The van der Waals surface area contributed by atoms with Gasteiger partial charge in [0.15, 0.2) is 11.5 Å². The number of ether oxygens (including phenoxy) is 2. The highest BCUT2D eigenvalue weighted by atomic mass is 16.6. The van der Waals surface area contributed by atoms with E-state index in [4.69, 9.17) is 9.47 Å². The highest BCUT2D eigenvalue weighted by molar-refractivity contribution is 6.09. The molecule has 12 heteroatoms. The van der Waals surface area contributed by atoms with Crippen molar-refractivity contribution in [2.45, 2.75) is 19.0 Å². The molecule has 1 aromatic heterocycles. The van der Waals surface area contributed by atoms with E-state index in [-0.39, 0.29) is 19.0 Å². The molecule has 2 aromatic carbocycles. The largest absolute Gasteiger partial charge is 0.486 e. The Hall–Kier alpha value is -4.48. The van der Waals surface area contributed by atoms with Crippen LogP contribution < -0.4 is 14.8 Å². The standard InChI is InChI=1S/C23H23N7O5/c1-23(16-4-3-5-17(11-16)30-14-24-26-27-30)21(32)29(22(33)25-23)13-20(31)28(2)12-15-6-7-18-19(10-15)35-9-8-34-18/h3-7,10-11,14H,8-9,12-13H2,1-2H3,(H,25,33). The Labute approximate surface area is 200 Å². The Morgan fingerprint density at radius 1 is 1.14 bits per heavy atom. The Morgan fingerprint density at radius 2 is 1.94 bits per heavy atom. The number of rotatable bonds is 6. The molecular weight excluding hydrogens is 454 g/mol. The summed E-state index contributed by atoms with van der Waals surface area (Å²) in [6.45, 7) is 2.47. The molecule has 180 valence electrons. The minimum Gasteiger partial charge on any atom is -0.486 e. The zero-order valence-electron chi connectivity index (χ0n) is 19.2. The Bertz CT molecular complexity index is 1300. The predicted molar refractivity (Wildman–Crippen MR) is 121 cm³/mol. The molecular formula is C23H23N7O5. The topological polar surface area (TPSA) is 132 Å². The second-order valence-electron chi connectivity index (χ2n) is 8.48. The molecule has 0 spiro atoms. The molecule has 4 amide bonds. The van der Waals surface area contributed by atoms with Crippen molar-refractivity contribution in [2.24, 2.45) is 0 Å². The summed E-state index contributed by atoms with van der Waals surface area (Å²) in [5.74, 6) is 0.396. The molecule has 3 heterocycles. The molecule has 5 rings (SSSR count). The van der Waals surface area contributed by atoms with Crippen LogP contribution in [0.3, 0.4) is 0 Å². The number of carbonyl (C=O) groups excluding carboxylic acids is 3. The molecule has 0 bridgehead atoms. The summed E-state index contributed by atoms with van der Waals surface area (Å²) in [5, 5.41) is 13.8. The smallest absolute Gasteiger partial charge is 0.325 e. The van der Waals surface area contributed by atoms with Crippen LogP contribution in [0.4, 0.5) is 4.79 Å². The monoisotopic (exact) mass is 477 g/mol. The maximum Gasteiger partial charge on any atom is 0.325 e. The molecule has 35 heavy (non-hydrogen) atoms. The van der Waals surface area contributed by atoms with E-state index in [9.17, 15) is 14.4 Å². The molecule has 2 aliphatic rings. The number of amides is 4. The number of urea groups is 1. The quantitative estimate of drug-likeness (QED) is 0.517. The zero-order valence-corrected chi connectivity index (χ0v) is 19.2.